The molecule has 142 valence electrons. The molecule has 0 unspecified atom stereocenters. The van der Waals surface area contributed by atoms with Gasteiger partial charge in [-0.2, -0.15) is 0 Å². The summed E-state index contributed by atoms with van der Waals surface area (Å²) in [5.74, 6) is 0. The summed E-state index contributed by atoms with van der Waals surface area (Å²) in [6.07, 6.45) is -13.9. The van der Waals surface area contributed by atoms with Crippen molar-refractivity contribution in [1.29, 1.82) is 0 Å². The summed E-state index contributed by atoms with van der Waals surface area (Å²) in [5, 5.41) is 67.6. The number of hydrogen-bond acceptors (Lipinski definition) is 11. The SMILES string of the molecule is CO[C@@H]1[C@H](O)[C@@H](O)O[C@H](CO[C@H]2O[C@H](CO)[C@@H](O)[C@H](O)[C@@H]2O)[C@H]1O. The largest absolute Gasteiger partial charge is 0.394 e. The molecule has 10 atom stereocenters. The number of methoxy groups -OCH3 is 1. The molecule has 2 fully saturated rings. The third kappa shape index (κ3) is 3.86. The lowest BCUT2D eigenvalue weighted by Gasteiger charge is -2.42. The molecule has 0 aromatic rings. The van der Waals surface area contributed by atoms with Gasteiger partial charge in [-0.15, -0.1) is 0 Å². The average Bonchev–Trinajstić information content (AvgIpc) is 2.57. The number of hydrogen-bond donors (Lipinski definition) is 7. The fraction of sp³-hybridized carbons (Fsp3) is 1.00. The first kappa shape index (κ1) is 19.9. The van der Waals surface area contributed by atoms with Crippen LogP contribution < -0.4 is 0 Å². The molecule has 0 spiro atoms. The highest BCUT2D eigenvalue weighted by Gasteiger charge is 2.47. The Bertz CT molecular complexity index is 392. The van der Waals surface area contributed by atoms with Gasteiger partial charge in [0.15, 0.2) is 12.6 Å². The van der Waals surface area contributed by atoms with E-state index in [9.17, 15) is 30.6 Å². The Kier molecular flexibility index (Phi) is 6.87. The van der Waals surface area contributed by atoms with Gasteiger partial charge >= 0.3 is 0 Å². The van der Waals surface area contributed by atoms with E-state index in [1.807, 2.05) is 0 Å². The summed E-state index contributed by atoms with van der Waals surface area (Å²) < 4.78 is 20.3. The minimum Gasteiger partial charge on any atom is -0.394 e. The molecule has 0 saturated carbocycles. The summed E-state index contributed by atoms with van der Waals surface area (Å²) in [7, 11) is 1.24. The van der Waals surface area contributed by atoms with Gasteiger partial charge in [0.25, 0.3) is 0 Å². The summed E-state index contributed by atoms with van der Waals surface area (Å²) in [4.78, 5) is 0. The van der Waals surface area contributed by atoms with Gasteiger partial charge in [0.05, 0.1) is 13.2 Å². The molecule has 0 bridgehead atoms. The third-order valence-electron chi connectivity index (χ3n) is 4.21. The number of aliphatic hydroxyl groups excluding tert-OH is 7. The molecule has 24 heavy (non-hydrogen) atoms. The minimum absolute atomic E-state index is 0.381. The number of ether oxygens (including phenoxy) is 4. The van der Waals surface area contributed by atoms with Gasteiger partial charge in [-0.3, -0.25) is 0 Å². The van der Waals surface area contributed by atoms with Crippen molar-refractivity contribution in [2.24, 2.45) is 0 Å². The molecule has 2 aliphatic rings. The second-order valence-corrected chi connectivity index (χ2v) is 5.78. The maximum Gasteiger partial charge on any atom is 0.186 e. The third-order valence-corrected chi connectivity index (χ3v) is 4.21. The van der Waals surface area contributed by atoms with Crippen molar-refractivity contribution in [2.75, 3.05) is 20.3 Å². The highest BCUT2D eigenvalue weighted by Crippen LogP contribution is 2.25. The topological polar surface area (TPSA) is 179 Å². The van der Waals surface area contributed by atoms with Gasteiger partial charge in [0, 0.05) is 7.11 Å². The molecule has 11 nitrogen and oxygen atoms in total. The van der Waals surface area contributed by atoms with E-state index >= 15 is 0 Å². The van der Waals surface area contributed by atoms with Crippen molar-refractivity contribution in [2.45, 2.75) is 61.4 Å². The average molecular weight is 356 g/mol. The Balaban J connectivity index is 1.96. The normalized spacial score (nSPS) is 50.0. The van der Waals surface area contributed by atoms with Crippen LogP contribution in [0.2, 0.25) is 0 Å². The van der Waals surface area contributed by atoms with E-state index in [2.05, 4.69) is 0 Å². The zero-order valence-corrected chi connectivity index (χ0v) is 13.0. The van der Waals surface area contributed by atoms with Crippen molar-refractivity contribution in [3.05, 3.63) is 0 Å². The van der Waals surface area contributed by atoms with E-state index in [1.54, 1.807) is 0 Å². The Morgan fingerprint density at radius 2 is 1.46 bits per heavy atom. The Labute approximate surface area is 137 Å². The minimum atomic E-state index is -1.61. The summed E-state index contributed by atoms with van der Waals surface area (Å²) in [5.41, 5.74) is 0. The van der Waals surface area contributed by atoms with E-state index in [0.717, 1.165) is 0 Å². The highest BCUT2D eigenvalue weighted by atomic mass is 16.7. The van der Waals surface area contributed by atoms with Crippen LogP contribution in [-0.2, 0) is 18.9 Å². The predicted octanol–water partition coefficient (Wildman–Crippen LogP) is -4.74. The van der Waals surface area contributed by atoms with Crippen LogP contribution in [-0.4, -0.2) is 117 Å². The standard InChI is InChI=1S/C13H24O11/c1-21-11-7(16)5(23-12(20)10(11)19)3-22-13-9(18)8(17)6(15)4(2-14)24-13/h4-20H,2-3H2,1H3/t4-,5-,6-,7-,8+,9+,10+,11+,12+,13+/m1/s1. The smallest absolute Gasteiger partial charge is 0.186 e. The molecule has 2 aliphatic heterocycles. The van der Waals surface area contributed by atoms with Crippen molar-refractivity contribution in [3.8, 4) is 0 Å². The van der Waals surface area contributed by atoms with E-state index < -0.39 is 68.0 Å². The molecule has 7 N–H and O–H groups in total. The maximum atomic E-state index is 10.1. The van der Waals surface area contributed by atoms with E-state index in [0.29, 0.717) is 0 Å². The molecule has 2 rings (SSSR count). The van der Waals surface area contributed by atoms with Crippen molar-refractivity contribution in [1.82, 2.24) is 0 Å². The Hall–Kier alpha value is -0.440. The molecule has 2 heterocycles. The molecule has 0 radical (unpaired) electrons. The highest BCUT2D eigenvalue weighted by molar-refractivity contribution is 4.91. The molecular formula is C13H24O11. The summed E-state index contributed by atoms with van der Waals surface area (Å²) in [6, 6.07) is 0. The van der Waals surface area contributed by atoms with Gasteiger partial charge < -0.3 is 54.7 Å². The van der Waals surface area contributed by atoms with Gasteiger partial charge in [-0.25, -0.2) is 0 Å². The Morgan fingerprint density at radius 1 is 0.792 bits per heavy atom. The fourth-order valence-corrected chi connectivity index (χ4v) is 2.73. The molecule has 0 aliphatic carbocycles. The molecule has 0 aromatic carbocycles. The van der Waals surface area contributed by atoms with Crippen LogP contribution in [0.1, 0.15) is 0 Å². The van der Waals surface area contributed by atoms with Crippen LogP contribution in [0, 0.1) is 0 Å². The maximum absolute atomic E-state index is 10.1. The van der Waals surface area contributed by atoms with E-state index in [-0.39, 0.29) is 6.61 Å². The second-order valence-electron chi connectivity index (χ2n) is 5.78. The lowest BCUT2D eigenvalue weighted by molar-refractivity contribution is -0.327. The first-order valence-corrected chi connectivity index (χ1v) is 7.46. The van der Waals surface area contributed by atoms with Crippen LogP contribution >= 0.6 is 0 Å². The van der Waals surface area contributed by atoms with Crippen molar-refractivity contribution >= 4 is 0 Å². The van der Waals surface area contributed by atoms with Gasteiger partial charge in [-0.05, 0) is 0 Å². The molecule has 0 aromatic heterocycles. The lowest BCUT2D eigenvalue weighted by Crippen LogP contribution is -2.61. The molecule has 2 saturated heterocycles. The van der Waals surface area contributed by atoms with E-state index in [4.69, 9.17) is 24.1 Å². The van der Waals surface area contributed by atoms with Gasteiger partial charge in [-0.1, -0.05) is 0 Å². The number of aliphatic hydroxyl groups is 7. The predicted molar refractivity (Wildman–Crippen MR) is 73.4 cm³/mol. The van der Waals surface area contributed by atoms with Crippen LogP contribution in [0.15, 0.2) is 0 Å². The molecular weight excluding hydrogens is 332 g/mol. The molecule has 11 heteroatoms. The van der Waals surface area contributed by atoms with E-state index in [1.165, 1.54) is 7.11 Å². The van der Waals surface area contributed by atoms with Crippen LogP contribution in [0.25, 0.3) is 0 Å². The zero-order chi connectivity index (χ0) is 18.0. The van der Waals surface area contributed by atoms with Crippen LogP contribution in [0.5, 0.6) is 0 Å². The second kappa shape index (κ2) is 8.29. The zero-order valence-electron chi connectivity index (χ0n) is 13.0. The van der Waals surface area contributed by atoms with Gasteiger partial charge in [0.1, 0.15) is 48.8 Å². The first-order chi connectivity index (χ1) is 11.3. The first-order valence-electron chi connectivity index (χ1n) is 7.46. The number of rotatable bonds is 5. The summed E-state index contributed by atoms with van der Waals surface area (Å²) in [6.45, 7) is -0.989. The summed E-state index contributed by atoms with van der Waals surface area (Å²) >= 11 is 0. The van der Waals surface area contributed by atoms with Crippen LogP contribution in [0.3, 0.4) is 0 Å². The Morgan fingerprint density at radius 3 is 2.04 bits per heavy atom. The van der Waals surface area contributed by atoms with Crippen molar-refractivity contribution < 1.29 is 54.7 Å². The lowest BCUT2D eigenvalue weighted by atomic mass is 9.98. The van der Waals surface area contributed by atoms with Crippen molar-refractivity contribution in [3.63, 3.8) is 0 Å². The quantitative estimate of drug-likeness (QED) is 0.251. The molecule has 0 amide bonds. The monoisotopic (exact) mass is 356 g/mol. The fourth-order valence-electron chi connectivity index (χ4n) is 2.73. The van der Waals surface area contributed by atoms with Crippen LogP contribution in [0.4, 0.5) is 0 Å². The van der Waals surface area contributed by atoms with Gasteiger partial charge in [0.2, 0.25) is 0 Å².